The standard InChI is InChI=1S/C11H8Br2F2O7S/c1-5(12)9(16)22-8-3-2-6(4-7(8)13)21-10(17)11(14,15)23(18,19)20/h2-5H,1H3,(H,18,19,20). The van der Waals surface area contributed by atoms with Crippen LogP contribution >= 0.6 is 31.9 Å². The molecule has 1 aromatic rings. The van der Waals surface area contributed by atoms with Crippen molar-refractivity contribution < 1.29 is 40.8 Å². The van der Waals surface area contributed by atoms with Crippen LogP contribution in [-0.4, -0.2) is 35.0 Å². The Bertz CT molecular complexity index is 734. The molecule has 1 aromatic carbocycles. The molecule has 0 aliphatic heterocycles. The quantitative estimate of drug-likeness (QED) is 0.298. The molecule has 0 bridgehead atoms. The van der Waals surface area contributed by atoms with Crippen molar-refractivity contribution in [2.24, 2.45) is 0 Å². The van der Waals surface area contributed by atoms with Crippen molar-refractivity contribution in [3.63, 3.8) is 0 Å². The first kappa shape index (κ1) is 19.9. The summed E-state index contributed by atoms with van der Waals surface area (Å²) < 4.78 is 64.4. The van der Waals surface area contributed by atoms with E-state index in [2.05, 4.69) is 36.6 Å². The summed E-state index contributed by atoms with van der Waals surface area (Å²) in [5.74, 6) is -3.56. The molecule has 0 fully saturated rings. The SMILES string of the molecule is CC(Br)C(=O)Oc1ccc(OC(=O)C(F)(F)S(=O)(=O)O)cc1Br. The second-order valence-corrected chi connectivity index (χ2v) is 7.70. The van der Waals surface area contributed by atoms with Crippen LogP contribution in [0, 0.1) is 0 Å². The van der Waals surface area contributed by atoms with E-state index < -0.39 is 37.9 Å². The molecule has 0 saturated carbocycles. The number of ether oxygens (including phenoxy) is 2. The van der Waals surface area contributed by atoms with Gasteiger partial charge in [-0.25, -0.2) is 4.79 Å². The van der Waals surface area contributed by atoms with Crippen molar-refractivity contribution >= 4 is 53.9 Å². The van der Waals surface area contributed by atoms with Crippen LogP contribution in [0.1, 0.15) is 6.92 Å². The molecule has 128 valence electrons. The second-order valence-electron chi connectivity index (χ2n) is 4.01. The van der Waals surface area contributed by atoms with Gasteiger partial charge in [-0.05, 0) is 41.1 Å². The predicted molar refractivity (Wildman–Crippen MR) is 80.3 cm³/mol. The summed E-state index contributed by atoms with van der Waals surface area (Å²) in [6.07, 6.45) is 0. The number of rotatable bonds is 5. The third-order valence-corrected chi connectivity index (χ3v) is 4.02. The van der Waals surface area contributed by atoms with Gasteiger partial charge in [0.15, 0.2) is 0 Å². The Morgan fingerprint density at radius 2 is 1.87 bits per heavy atom. The Balaban J connectivity index is 2.95. The summed E-state index contributed by atoms with van der Waals surface area (Å²) in [7, 11) is -5.96. The monoisotopic (exact) mass is 480 g/mol. The van der Waals surface area contributed by atoms with Crippen molar-refractivity contribution in [2.45, 2.75) is 17.0 Å². The average Bonchev–Trinajstić information content (AvgIpc) is 2.40. The molecule has 12 heteroatoms. The Morgan fingerprint density at radius 1 is 1.30 bits per heavy atom. The average molecular weight is 482 g/mol. The number of esters is 2. The minimum atomic E-state index is -5.96. The van der Waals surface area contributed by atoms with Crippen LogP contribution in [0.3, 0.4) is 0 Å². The summed E-state index contributed by atoms with van der Waals surface area (Å²) in [5, 5.41) is -5.12. The molecule has 0 amide bonds. The van der Waals surface area contributed by atoms with Crippen molar-refractivity contribution in [3.05, 3.63) is 22.7 Å². The zero-order valence-corrected chi connectivity index (χ0v) is 15.1. The summed E-state index contributed by atoms with van der Waals surface area (Å²) in [5.41, 5.74) is 0. The number of benzene rings is 1. The minimum Gasteiger partial charge on any atom is -0.424 e. The van der Waals surface area contributed by atoms with E-state index in [1.54, 1.807) is 0 Å². The molecule has 0 aromatic heterocycles. The van der Waals surface area contributed by atoms with E-state index in [-0.39, 0.29) is 10.2 Å². The molecule has 1 unspecified atom stereocenters. The maximum Gasteiger partial charge on any atom is 0.466 e. The van der Waals surface area contributed by atoms with Crippen LogP contribution in [0.25, 0.3) is 0 Å². The van der Waals surface area contributed by atoms with E-state index in [4.69, 9.17) is 9.29 Å². The van der Waals surface area contributed by atoms with Gasteiger partial charge in [-0.1, -0.05) is 15.9 Å². The van der Waals surface area contributed by atoms with E-state index >= 15 is 0 Å². The number of hydrogen-bond donors (Lipinski definition) is 1. The number of carbonyl (C=O) groups excluding carboxylic acids is 2. The van der Waals surface area contributed by atoms with Crippen LogP contribution in [0.5, 0.6) is 11.5 Å². The molecule has 23 heavy (non-hydrogen) atoms. The zero-order chi connectivity index (χ0) is 18.0. The fourth-order valence-corrected chi connectivity index (χ4v) is 1.87. The number of hydrogen-bond acceptors (Lipinski definition) is 6. The van der Waals surface area contributed by atoms with Gasteiger partial charge in [0.1, 0.15) is 16.3 Å². The van der Waals surface area contributed by atoms with Gasteiger partial charge in [0.05, 0.1) is 4.47 Å². The van der Waals surface area contributed by atoms with Gasteiger partial charge >= 0.3 is 27.3 Å². The van der Waals surface area contributed by atoms with Crippen LogP contribution in [-0.2, 0) is 19.7 Å². The normalized spacial score (nSPS) is 13.3. The van der Waals surface area contributed by atoms with E-state index in [0.717, 1.165) is 18.2 Å². The molecule has 0 radical (unpaired) electrons. The Hall–Kier alpha value is -1.11. The van der Waals surface area contributed by atoms with E-state index in [9.17, 15) is 26.8 Å². The van der Waals surface area contributed by atoms with Crippen LogP contribution < -0.4 is 9.47 Å². The molecule has 1 atom stereocenters. The molecule has 0 aliphatic rings. The van der Waals surface area contributed by atoms with Gasteiger partial charge in [-0.2, -0.15) is 17.2 Å². The van der Waals surface area contributed by atoms with Gasteiger partial charge in [0.2, 0.25) is 0 Å². The van der Waals surface area contributed by atoms with Crippen LogP contribution in [0.4, 0.5) is 8.78 Å². The summed E-state index contributed by atoms with van der Waals surface area (Å²) in [6.45, 7) is 1.52. The van der Waals surface area contributed by atoms with E-state index in [1.807, 2.05) is 0 Å². The highest BCUT2D eigenvalue weighted by Crippen LogP contribution is 2.31. The summed E-state index contributed by atoms with van der Waals surface area (Å²) in [6, 6.07) is 3.12. The van der Waals surface area contributed by atoms with Gasteiger partial charge in [-0.3, -0.25) is 9.35 Å². The molecule has 1 rings (SSSR count). The van der Waals surface area contributed by atoms with Crippen molar-refractivity contribution in [1.82, 2.24) is 0 Å². The van der Waals surface area contributed by atoms with Crippen LogP contribution in [0.2, 0.25) is 0 Å². The lowest BCUT2D eigenvalue weighted by Crippen LogP contribution is -2.40. The molecular weight excluding hydrogens is 474 g/mol. The zero-order valence-electron chi connectivity index (χ0n) is 11.1. The number of carbonyl (C=O) groups is 2. The molecular formula is C11H8Br2F2O7S. The van der Waals surface area contributed by atoms with Crippen LogP contribution in [0.15, 0.2) is 22.7 Å². The molecule has 1 N–H and O–H groups in total. The lowest BCUT2D eigenvalue weighted by atomic mass is 10.3. The van der Waals surface area contributed by atoms with Crippen molar-refractivity contribution in [2.75, 3.05) is 0 Å². The molecule has 7 nitrogen and oxygen atoms in total. The minimum absolute atomic E-state index is 0.0163. The summed E-state index contributed by atoms with van der Waals surface area (Å²) >= 11 is 5.95. The van der Waals surface area contributed by atoms with E-state index in [1.165, 1.54) is 6.92 Å². The first-order chi connectivity index (χ1) is 10.4. The van der Waals surface area contributed by atoms with Crippen molar-refractivity contribution in [3.8, 4) is 11.5 Å². The third-order valence-electron chi connectivity index (χ3n) is 2.21. The molecule has 0 spiro atoms. The molecule has 0 aliphatic carbocycles. The largest absolute Gasteiger partial charge is 0.466 e. The lowest BCUT2D eigenvalue weighted by Gasteiger charge is -2.13. The predicted octanol–water partition coefficient (Wildman–Crippen LogP) is 2.52. The fraction of sp³-hybridized carbons (Fsp3) is 0.273. The first-order valence-corrected chi connectivity index (χ1v) is 8.73. The smallest absolute Gasteiger partial charge is 0.424 e. The topological polar surface area (TPSA) is 107 Å². The van der Waals surface area contributed by atoms with Crippen molar-refractivity contribution in [1.29, 1.82) is 0 Å². The van der Waals surface area contributed by atoms with Gasteiger partial charge in [0.25, 0.3) is 0 Å². The maximum absolute atomic E-state index is 13.1. The fourth-order valence-electron chi connectivity index (χ4n) is 1.09. The lowest BCUT2D eigenvalue weighted by molar-refractivity contribution is -0.151. The Morgan fingerprint density at radius 3 is 2.30 bits per heavy atom. The third kappa shape index (κ3) is 4.93. The molecule has 0 heterocycles. The highest BCUT2D eigenvalue weighted by atomic mass is 79.9. The Kier molecular flexibility index (Phi) is 6.24. The van der Waals surface area contributed by atoms with E-state index in [0.29, 0.717) is 0 Å². The highest BCUT2D eigenvalue weighted by Gasteiger charge is 2.54. The van der Waals surface area contributed by atoms with Gasteiger partial charge in [0, 0.05) is 0 Å². The van der Waals surface area contributed by atoms with Gasteiger partial charge in [-0.15, -0.1) is 0 Å². The molecule has 0 saturated heterocycles. The number of alkyl halides is 3. The highest BCUT2D eigenvalue weighted by molar-refractivity contribution is 9.10. The summed E-state index contributed by atoms with van der Waals surface area (Å²) in [4.78, 5) is 21.9. The Labute approximate surface area is 146 Å². The maximum atomic E-state index is 13.1. The first-order valence-electron chi connectivity index (χ1n) is 5.58. The van der Waals surface area contributed by atoms with Gasteiger partial charge < -0.3 is 9.47 Å². The number of halogens is 4. The second kappa shape index (κ2) is 7.20.